The molecule has 248 valence electrons. The highest BCUT2D eigenvalue weighted by Crippen LogP contribution is 2.14. The number of aliphatic hydroxyl groups is 1. The first-order chi connectivity index (χ1) is 20.6. The Kier molecular flexibility index (Phi) is 33.0. The fraction of sp³-hybridized carbons (Fsp3) is 0.892. The average Bonchev–Trinajstić information content (AvgIpc) is 2.99. The van der Waals surface area contributed by atoms with Crippen molar-refractivity contribution >= 4 is 11.9 Å². The van der Waals surface area contributed by atoms with E-state index in [-0.39, 0.29) is 25.2 Å². The molecule has 1 N–H and O–H groups in total. The van der Waals surface area contributed by atoms with Crippen molar-refractivity contribution in [1.29, 1.82) is 0 Å². The van der Waals surface area contributed by atoms with Crippen LogP contribution in [0.4, 0.5) is 0 Å². The topological polar surface area (TPSA) is 72.8 Å². The van der Waals surface area contributed by atoms with E-state index >= 15 is 0 Å². The molecule has 0 fully saturated rings. The lowest BCUT2D eigenvalue weighted by Gasteiger charge is -2.15. The second-order valence-electron chi connectivity index (χ2n) is 12.3. The molecule has 0 aromatic heterocycles. The van der Waals surface area contributed by atoms with Crippen LogP contribution in [-0.4, -0.2) is 36.4 Å². The molecule has 0 saturated heterocycles. The maximum absolute atomic E-state index is 12.1. The number of allylic oxidation sites excluding steroid dienone is 2. The van der Waals surface area contributed by atoms with Crippen LogP contribution in [-0.2, 0) is 19.1 Å². The zero-order valence-electron chi connectivity index (χ0n) is 28.0. The van der Waals surface area contributed by atoms with E-state index in [1.807, 2.05) is 0 Å². The number of hydrogen-bond acceptors (Lipinski definition) is 5. The van der Waals surface area contributed by atoms with Crippen molar-refractivity contribution in [3.8, 4) is 0 Å². The van der Waals surface area contributed by atoms with Gasteiger partial charge in [0.25, 0.3) is 0 Å². The minimum Gasteiger partial charge on any atom is -0.462 e. The quantitative estimate of drug-likeness (QED) is 0.0465. The molecule has 5 heteroatoms. The van der Waals surface area contributed by atoms with E-state index < -0.39 is 6.10 Å². The Morgan fingerprint density at radius 1 is 0.524 bits per heavy atom. The molecule has 0 bridgehead atoms. The molecule has 0 aromatic carbocycles. The SMILES string of the molecule is CCCCCC/C=C/CCCCCCCC(=O)OC[C@H](CO)OC(=O)CCCCCCCCCCCCCCCCC. The van der Waals surface area contributed by atoms with E-state index in [1.54, 1.807) is 0 Å². The summed E-state index contributed by atoms with van der Waals surface area (Å²) in [7, 11) is 0. The van der Waals surface area contributed by atoms with Crippen LogP contribution in [0.3, 0.4) is 0 Å². The van der Waals surface area contributed by atoms with Gasteiger partial charge in [-0.15, -0.1) is 0 Å². The highest BCUT2D eigenvalue weighted by atomic mass is 16.6. The summed E-state index contributed by atoms with van der Waals surface area (Å²) in [5.41, 5.74) is 0. The monoisotopic (exact) mass is 595 g/mol. The second-order valence-corrected chi connectivity index (χ2v) is 12.3. The van der Waals surface area contributed by atoms with Crippen LogP contribution >= 0.6 is 0 Å². The fourth-order valence-corrected chi connectivity index (χ4v) is 5.25. The Balaban J connectivity index is 3.54. The maximum atomic E-state index is 12.1. The lowest BCUT2D eigenvalue weighted by molar-refractivity contribution is -0.161. The van der Waals surface area contributed by atoms with Gasteiger partial charge < -0.3 is 14.6 Å². The molecule has 0 aliphatic carbocycles. The molecule has 0 heterocycles. The highest BCUT2D eigenvalue weighted by molar-refractivity contribution is 5.70. The van der Waals surface area contributed by atoms with Crippen molar-refractivity contribution in [2.24, 2.45) is 0 Å². The summed E-state index contributed by atoms with van der Waals surface area (Å²) < 4.78 is 10.6. The van der Waals surface area contributed by atoms with Gasteiger partial charge in [0.05, 0.1) is 6.61 Å². The van der Waals surface area contributed by atoms with Crippen LogP contribution in [0.1, 0.15) is 194 Å². The van der Waals surface area contributed by atoms with E-state index in [0.29, 0.717) is 12.8 Å². The molecule has 0 spiro atoms. The van der Waals surface area contributed by atoms with Gasteiger partial charge >= 0.3 is 11.9 Å². The van der Waals surface area contributed by atoms with Crippen molar-refractivity contribution < 1.29 is 24.2 Å². The highest BCUT2D eigenvalue weighted by Gasteiger charge is 2.16. The molecule has 0 aliphatic rings. The average molecular weight is 595 g/mol. The molecular formula is C37H70O5. The second kappa shape index (κ2) is 34.1. The molecule has 0 aliphatic heterocycles. The normalized spacial score (nSPS) is 12.2. The lowest BCUT2D eigenvalue weighted by Crippen LogP contribution is -2.28. The molecule has 0 saturated carbocycles. The minimum atomic E-state index is -0.766. The number of ether oxygens (including phenoxy) is 2. The largest absolute Gasteiger partial charge is 0.462 e. The van der Waals surface area contributed by atoms with Crippen molar-refractivity contribution in [3.63, 3.8) is 0 Å². The third kappa shape index (κ3) is 31.6. The van der Waals surface area contributed by atoms with Crippen LogP contribution in [0.25, 0.3) is 0 Å². The van der Waals surface area contributed by atoms with Gasteiger partial charge in [0, 0.05) is 12.8 Å². The van der Waals surface area contributed by atoms with Gasteiger partial charge in [-0.25, -0.2) is 0 Å². The van der Waals surface area contributed by atoms with Gasteiger partial charge in [0.2, 0.25) is 0 Å². The summed E-state index contributed by atoms with van der Waals surface area (Å²) in [6.45, 7) is 4.12. The Morgan fingerprint density at radius 3 is 1.31 bits per heavy atom. The van der Waals surface area contributed by atoms with Crippen molar-refractivity contribution in [2.75, 3.05) is 13.2 Å². The van der Waals surface area contributed by atoms with E-state index in [4.69, 9.17) is 9.47 Å². The first-order valence-corrected chi connectivity index (χ1v) is 18.2. The summed E-state index contributed by atoms with van der Waals surface area (Å²) >= 11 is 0. The predicted molar refractivity (Wildman–Crippen MR) is 178 cm³/mol. The molecule has 0 rings (SSSR count). The standard InChI is InChI=1S/C37H70O5/c1-3-5-7-9-11-13-15-17-18-20-22-24-26-28-30-32-37(40)42-35(33-38)34-41-36(39)31-29-27-25-23-21-19-16-14-12-10-8-6-4-2/h14,16,35,38H,3-13,15,17-34H2,1-2H3/b16-14+/t35-/m0/s1. The molecule has 0 aromatic rings. The molecule has 0 unspecified atom stereocenters. The van der Waals surface area contributed by atoms with Crippen molar-refractivity contribution in [2.45, 2.75) is 200 Å². The van der Waals surface area contributed by atoms with E-state index in [9.17, 15) is 14.7 Å². The Morgan fingerprint density at radius 2 is 0.881 bits per heavy atom. The number of hydrogen-bond donors (Lipinski definition) is 1. The molecule has 0 radical (unpaired) electrons. The van der Waals surface area contributed by atoms with Crippen molar-refractivity contribution in [3.05, 3.63) is 12.2 Å². The van der Waals surface area contributed by atoms with Crippen LogP contribution in [0.2, 0.25) is 0 Å². The Hall–Kier alpha value is -1.36. The van der Waals surface area contributed by atoms with E-state index in [0.717, 1.165) is 44.9 Å². The van der Waals surface area contributed by atoms with Gasteiger partial charge in [-0.3, -0.25) is 9.59 Å². The Bertz CT molecular complexity index is 603. The lowest BCUT2D eigenvalue weighted by atomic mass is 10.0. The first kappa shape index (κ1) is 40.6. The summed E-state index contributed by atoms with van der Waals surface area (Å²) in [4.78, 5) is 24.1. The van der Waals surface area contributed by atoms with Crippen LogP contribution in [0.5, 0.6) is 0 Å². The zero-order valence-corrected chi connectivity index (χ0v) is 28.0. The Labute approximate surface area is 261 Å². The number of aliphatic hydroxyl groups excluding tert-OH is 1. The van der Waals surface area contributed by atoms with Gasteiger partial charge in [0.15, 0.2) is 6.10 Å². The van der Waals surface area contributed by atoms with Gasteiger partial charge in [-0.05, 0) is 38.5 Å². The molecule has 0 amide bonds. The molecule has 1 atom stereocenters. The predicted octanol–water partition coefficient (Wildman–Crippen LogP) is 11.0. The third-order valence-corrected chi connectivity index (χ3v) is 8.06. The number of esters is 2. The summed E-state index contributed by atoms with van der Waals surface area (Å²) in [6.07, 6.45) is 36.9. The van der Waals surface area contributed by atoms with Crippen LogP contribution < -0.4 is 0 Å². The number of unbranched alkanes of at least 4 members (excludes halogenated alkanes) is 23. The minimum absolute atomic E-state index is 0.0648. The first-order valence-electron chi connectivity index (χ1n) is 18.2. The van der Waals surface area contributed by atoms with E-state index in [2.05, 4.69) is 26.0 Å². The maximum Gasteiger partial charge on any atom is 0.306 e. The van der Waals surface area contributed by atoms with E-state index in [1.165, 1.54) is 122 Å². The van der Waals surface area contributed by atoms with Crippen LogP contribution in [0.15, 0.2) is 12.2 Å². The van der Waals surface area contributed by atoms with Crippen LogP contribution in [0, 0.1) is 0 Å². The molecular weight excluding hydrogens is 524 g/mol. The number of rotatable bonds is 33. The number of carbonyl (C=O) groups is 2. The summed E-state index contributed by atoms with van der Waals surface area (Å²) in [5.74, 6) is -0.593. The smallest absolute Gasteiger partial charge is 0.306 e. The third-order valence-electron chi connectivity index (χ3n) is 8.06. The van der Waals surface area contributed by atoms with Crippen molar-refractivity contribution in [1.82, 2.24) is 0 Å². The van der Waals surface area contributed by atoms with Gasteiger partial charge in [0.1, 0.15) is 6.61 Å². The van der Waals surface area contributed by atoms with Gasteiger partial charge in [-0.1, -0.05) is 154 Å². The fourth-order valence-electron chi connectivity index (χ4n) is 5.25. The number of carbonyl (C=O) groups excluding carboxylic acids is 2. The van der Waals surface area contributed by atoms with Gasteiger partial charge in [-0.2, -0.15) is 0 Å². The summed E-state index contributed by atoms with van der Waals surface area (Å²) in [6, 6.07) is 0. The zero-order chi connectivity index (χ0) is 30.8. The summed E-state index contributed by atoms with van der Waals surface area (Å²) in [5, 5.41) is 9.52. The molecule has 42 heavy (non-hydrogen) atoms. The molecule has 5 nitrogen and oxygen atoms in total.